The van der Waals surface area contributed by atoms with E-state index in [-0.39, 0.29) is 11.7 Å². The van der Waals surface area contributed by atoms with Gasteiger partial charge in [0, 0.05) is 6.20 Å². The Morgan fingerprint density at radius 1 is 1.64 bits per heavy atom. The van der Waals surface area contributed by atoms with Gasteiger partial charge < -0.3 is 9.84 Å². The van der Waals surface area contributed by atoms with E-state index in [0.717, 1.165) is 5.46 Å². The van der Waals surface area contributed by atoms with Crippen LogP contribution in [0.1, 0.15) is 24.2 Å². The molecule has 0 bridgehead atoms. The summed E-state index contributed by atoms with van der Waals surface area (Å²) in [6.07, 6.45) is 1.34. The Kier molecular flexibility index (Phi) is 3.12. The standard InChI is InChI=1S/C9H12BNO3/c1-5(2)14-8-7(10)3-6(4-11-8)9(12)13/h3-5H,10H2,1-2H3,(H,12,13). The minimum absolute atomic E-state index is 0.0388. The molecule has 1 heterocycles. The lowest BCUT2D eigenvalue weighted by molar-refractivity contribution is 0.0696. The minimum Gasteiger partial charge on any atom is -0.478 e. The van der Waals surface area contributed by atoms with Crippen LogP contribution in [0.4, 0.5) is 0 Å². The number of aromatic nitrogens is 1. The number of carbonyl (C=O) groups is 1. The van der Waals surface area contributed by atoms with E-state index in [2.05, 4.69) is 4.98 Å². The van der Waals surface area contributed by atoms with E-state index in [9.17, 15) is 4.79 Å². The van der Waals surface area contributed by atoms with Gasteiger partial charge in [-0.15, -0.1) is 0 Å². The van der Waals surface area contributed by atoms with Crippen LogP contribution in [-0.2, 0) is 0 Å². The highest BCUT2D eigenvalue weighted by Gasteiger charge is 2.08. The van der Waals surface area contributed by atoms with Gasteiger partial charge in [-0.25, -0.2) is 9.78 Å². The molecular formula is C9H12BNO3. The third kappa shape index (κ3) is 2.48. The van der Waals surface area contributed by atoms with Gasteiger partial charge in [-0.1, -0.05) is 0 Å². The molecule has 74 valence electrons. The Bertz CT molecular complexity index is 352. The molecule has 0 amide bonds. The fourth-order valence-corrected chi connectivity index (χ4v) is 1.03. The Labute approximate surface area is 83.3 Å². The van der Waals surface area contributed by atoms with Crippen LogP contribution in [0.3, 0.4) is 0 Å². The molecule has 0 aliphatic carbocycles. The number of pyridine rings is 1. The number of rotatable bonds is 3. The maximum Gasteiger partial charge on any atom is 0.337 e. The maximum atomic E-state index is 10.6. The smallest absolute Gasteiger partial charge is 0.337 e. The molecule has 14 heavy (non-hydrogen) atoms. The van der Waals surface area contributed by atoms with Gasteiger partial charge >= 0.3 is 5.97 Å². The number of carboxylic acid groups (broad SMARTS) is 1. The molecule has 4 nitrogen and oxygen atoms in total. The average Bonchev–Trinajstić information content (AvgIpc) is 2.07. The molecule has 0 aromatic carbocycles. The highest BCUT2D eigenvalue weighted by molar-refractivity contribution is 6.34. The van der Waals surface area contributed by atoms with Crippen molar-refractivity contribution in [3.63, 3.8) is 0 Å². The molecule has 0 saturated carbocycles. The second kappa shape index (κ2) is 4.13. The first-order valence-electron chi connectivity index (χ1n) is 4.37. The van der Waals surface area contributed by atoms with Crippen LogP contribution in [0.5, 0.6) is 5.88 Å². The Morgan fingerprint density at radius 3 is 2.71 bits per heavy atom. The molecule has 5 heteroatoms. The fraction of sp³-hybridized carbons (Fsp3) is 0.333. The summed E-state index contributed by atoms with van der Waals surface area (Å²) in [4.78, 5) is 14.5. The Morgan fingerprint density at radius 2 is 2.29 bits per heavy atom. The first-order valence-corrected chi connectivity index (χ1v) is 4.37. The van der Waals surface area contributed by atoms with Gasteiger partial charge in [0.15, 0.2) is 0 Å². The van der Waals surface area contributed by atoms with Crippen molar-refractivity contribution < 1.29 is 14.6 Å². The zero-order valence-corrected chi connectivity index (χ0v) is 8.44. The summed E-state index contributed by atoms with van der Waals surface area (Å²) in [6, 6.07) is 1.55. The normalized spacial score (nSPS) is 10.2. The molecule has 1 rings (SSSR count). The number of ether oxygens (including phenoxy) is 1. The van der Waals surface area contributed by atoms with Crippen molar-refractivity contribution in [1.29, 1.82) is 0 Å². The average molecular weight is 193 g/mol. The lowest BCUT2D eigenvalue weighted by atomic mass is 9.96. The summed E-state index contributed by atoms with van der Waals surface area (Å²) in [6.45, 7) is 3.79. The molecule has 0 atom stereocenters. The zero-order chi connectivity index (χ0) is 10.7. The number of nitrogens with zero attached hydrogens (tertiary/aromatic N) is 1. The summed E-state index contributed by atoms with van der Waals surface area (Å²) in [5.74, 6) is -0.485. The van der Waals surface area contributed by atoms with E-state index >= 15 is 0 Å². The highest BCUT2D eigenvalue weighted by atomic mass is 16.5. The molecule has 0 radical (unpaired) electrons. The van der Waals surface area contributed by atoms with Gasteiger partial charge in [0.25, 0.3) is 0 Å². The Hall–Kier alpha value is -1.52. The minimum atomic E-state index is -0.975. The zero-order valence-electron chi connectivity index (χ0n) is 8.44. The van der Waals surface area contributed by atoms with Gasteiger partial charge in [-0.05, 0) is 25.4 Å². The predicted octanol–water partition coefficient (Wildman–Crippen LogP) is -0.175. The maximum absolute atomic E-state index is 10.6. The van der Waals surface area contributed by atoms with Crippen molar-refractivity contribution in [2.75, 3.05) is 0 Å². The van der Waals surface area contributed by atoms with Crippen LogP contribution in [-0.4, -0.2) is 30.0 Å². The van der Waals surface area contributed by atoms with Gasteiger partial charge in [0.1, 0.15) is 7.85 Å². The largest absolute Gasteiger partial charge is 0.478 e. The van der Waals surface area contributed by atoms with Crippen molar-refractivity contribution in [3.8, 4) is 5.88 Å². The lowest BCUT2D eigenvalue weighted by Crippen LogP contribution is -2.17. The van der Waals surface area contributed by atoms with Gasteiger partial charge in [0.2, 0.25) is 5.88 Å². The summed E-state index contributed by atoms with van der Waals surface area (Å²) in [7, 11) is 1.77. The molecule has 0 saturated heterocycles. The highest BCUT2D eigenvalue weighted by Crippen LogP contribution is 2.05. The molecule has 1 aromatic rings. The van der Waals surface area contributed by atoms with Crippen molar-refractivity contribution >= 4 is 19.3 Å². The molecule has 0 aliphatic heterocycles. The Balaban J connectivity index is 2.95. The molecule has 0 aliphatic rings. The molecule has 0 fully saturated rings. The second-order valence-corrected chi connectivity index (χ2v) is 3.32. The van der Waals surface area contributed by atoms with E-state index in [0.29, 0.717) is 5.88 Å². The molecule has 0 unspecified atom stereocenters. The van der Waals surface area contributed by atoms with E-state index in [1.807, 2.05) is 13.8 Å². The van der Waals surface area contributed by atoms with Crippen LogP contribution in [0, 0.1) is 0 Å². The van der Waals surface area contributed by atoms with E-state index in [1.54, 1.807) is 13.9 Å². The topological polar surface area (TPSA) is 59.4 Å². The molecular weight excluding hydrogens is 181 g/mol. The monoisotopic (exact) mass is 193 g/mol. The van der Waals surface area contributed by atoms with E-state index in [1.165, 1.54) is 6.20 Å². The number of aromatic carboxylic acids is 1. The van der Waals surface area contributed by atoms with Gasteiger partial charge in [-0.2, -0.15) is 0 Å². The second-order valence-electron chi connectivity index (χ2n) is 3.32. The first kappa shape index (κ1) is 10.6. The van der Waals surface area contributed by atoms with Crippen molar-refractivity contribution in [2.45, 2.75) is 20.0 Å². The molecule has 0 spiro atoms. The third-order valence-corrected chi connectivity index (χ3v) is 1.62. The van der Waals surface area contributed by atoms with Crippen LogP contribution in [0.15, 0.2) is 12.3 Å². The van der Waals surface area contributed by atoms with Gasteiger partial charge in [0.05, 0.1) is 11.7 Å². The SMILES string of the molecule is Bc1cc(C(=O)O)cnc1OC(C)C. The van der Waals surface area contributed by atoms with Crippen molar-refractivity contribution in [3.05, 3.63) is 17.8 Å². The summed E-state index contributed by atoms with van der Waals surface area (Å²) in [5, 5.41) is 8.70. The van der Waals surface area contributed by atoms with E-state index in [4.69, 9.17) is 9.84 Å². The summed E-state index contributed by atoms with van der Waals surface area (Å²) in [5.41, 5.74) is 0.914. The van der Waals surface area contributed by atoms with E-state index < -0.39 is 5.97 Å². The summed E-state index contributed by atoms with van der Waals surface area (Å²) < 4.78 is 5.38. The lowest BCUT2D eigenvalue weighted by Gasteiger charge is -2.11. The molecule has 1 aromatic heterocycles. The molecule has 1 N–H and O–H groups in total. The predicted molar refractivity (Wildman–Crippen MR) is 55.1 cm³/mol. The number of hydrogen-bond acceptors (Lipinski definition) is 3. The van der Waals surface area contributed by atoms with Crippen molar-refractivity contribution in [2.24, 2.45) is 0 Å². The fourth-order valence-electron chi connectivity index (χ4n) is 1.03. The van der Waals surface area contributed by atoms with Crippen molar-refractivity contribution in [1.82, 2.24) is 4.98 Å². The van der Waals surface area contributed by atoms with Crippen LogP contribution in [0.2, 0.25) is 0 Å². The van der Waals surface area contributed by atoms with Gasteiger partial charge in [-0.3, -0.25) is 0 Å². The van der Waals surface area contributed by atoms with Crippen LogP contribution in [0.25, 0.3) is 0 Å². The quantitative estimate of drug-likeness (QED) is 0.676. The van der Waals surface area contributed by atoms with Crippen LogP contribution >= 0.6 is 0 Å². The first-order chi connectivity index (χ1) is 6.50. The summed E-state index contributed by atoms with van der Waals surface area (Å²) >= 11 is 0. The third-order valence-electron chi connectivity index (χ3n) is 1.62. The number of carboxylic acids is 1. The van der Waals surface area contributed by atoms with Crippen LogP contribution < -0.4 is 10.2 Å². The number of hydrogen-bond donors (Lipinski definition) is 1.